The maximum atomic E-state index is 10.6. The van der Waals surface area contributed by atoms with Crippen LogP contribution in [0, 0.1) is 22.7 Å². The van der Waals surface area contributed by atoms with E-state index in [1.165, 1.54) is 18.2 Å². The quantitative estimate of drug-likeness (QED) is 0.757. The third kappa shape index (κ3) is 2.81. The number of rotatable bonds is 3. The lowest BCUT2D eigenvalue weighted by atomic mass is 10.0. The lowest BCUT2D eigenvalue weighted by molar-refractivity contribution is -0.138. The molecule has 0 radical (unpaired) electrons. The molecule has 0 bridgehead atoms. The maximum absolute atomic E-state index is 10.6. The number of carboxylic acid groups (broad SMARTS) is 1. The van der Waals surface area contributed by atoms with Gasteiger partial charge >= 0.3 is 5.97 Å². The molecule has 5 heteroatoms. The van der Waals surface area contributed by atoms with Crippen LogP contribution in [-0.2, 0) is 11.2 Å². The Kier molecular flexibility index (Phi) is 3.60. The molecule has 1 atom stereocenters. The molecule has 0 spiro atoms. The van der Waals surface area contributed by atoms with Gasteiger partial charge in [0.1, 0.15) is 6.04 Å². The first-order valence-electron chi connectivity index (χ1n) is 4.49. The third-order valence-electron chi connectivity index (χ3n) is 2.02. The second-order valence-corrected chi connectivity index (χ2v) is 3.29. The molecular weight excluding hydrogens is 206 g/mol. The molecule has 80 valence electrons. The van der Waals surface area contributed by atoms with Gasteiger partial charge in [-0.3, -0.25) is 4.79 Å². The first kappa shape index (κ1) is 11.7. The molecule has 3 N–H and O–H groups in total. The summed E-state index contributed by atoms with van der Waals surface area (Å²) in [6.45, 7) is 0. The Morgan fingerprint density at radius 2 is 1.81 bits per heavy atom. The molecule has 0 amide bonds. The molecule has 1 aromatic carbocycles. The van der Waals surface area contributed by atoms with E-state index in [0.717, 1.165) is 0 Å². The largest absolute Gasteiger partial charge is 0.480 e. The van der Waals surface area contributed by atoms with Crippen LogP contribution in [0.5, 0.6) is 0 Å². The highest BCUT2D eigenvalue weighted by Gasteiger charge is 2.13. The minimum Gasteiger partial charge on any atom is -0.480 e. The number of hydrogen-bond donors (Lipinski definition) is 2. The molecule has 5 nitrogen and oxygen atoms in total. The molecule has 0 aliphatic rings. The van der Waals surface area contributed by atoms with Crippen molar-refractivity contribution in [2.75, 3.05) is 0 Å². The van der Waals surface area contributed by atoms with Gasteiger partial charge in [0, 0.05) is 0 Å². The first-order valence-corrected chi connectivity index (χ1v) is 4.49. The van der Waals surface area contributed by atoms with Crippen LogP contribution in [0.15, 0.2) is 18.2 Å². The van der Waals surface area contributed by atoms with E-state index in [0.29, 0.717) is 16.7 Å². The zero-order valence-corrected chi connectivity index (χ0v) is 8.34. The normalized spacial score (nSPS) is 11.2. The average Bonchev–Trinajstić information content (AvgIpc) is 2.28. The smallest absolute Gasteiger partial charge is 0.320 e. The van der Waals surface area contributed by atoms with Crippen molar-refractivity contribution in [2.24, 2.45) is 5.73 Å². The highest BCUT2D eigenvalue weighted by atomic mass is 16.4. The SMILES string of the molecule is N#Cc1cc(C#N)cc(C[C@H](N)C(=O)O)c1. The van der Waals surface area contributed by atoms with Crippen molar-refractivity contribution >= 4 is 5.97 Å². The molecule has 1 aromatic rings. The summed E-state index contributed by atoms with van der Waals surface area (Å²) in [6.07, 6.45) is 0.0968. The Morgan fingerprint density at radius 1 is 1.31 bits per heavy atom. The molecule has 0 aliphatic heterocycles. The Morgan fingerprint density at radius 3 is 2.19 bits per heavy atom. The highest BCUT2D eigenvalue weighted by Crippen LogP contribution is 2.10. The molecule has 1 rings (SSSR count). The fourth-order valence-corrected chi connectivity index (χ4v) is 1.28. The van der Waals surface area contributed by atoms with Crippen LogP contribution in [0.2, 0.25) is 0 Å². The standard InChI is InChI=1S/C11H9N3O2/c12-5-8-1-7(2-9(3-8)6-13)4-10(14)11(15)16/h1-3,10H,4,14H2,(H,15,16)/t10-/m0/s1. The van der Waals surface area contributed by atoms with Crippen LogP contribution in [0.25, 0.3) is 0 Å². The van der Waals surface area contributed by atoms with Gasteiger partial charge in [-0.15, -0.1) is 0 Å². The van der Waals surface area contributed by atoms with Gasteiger partial charge in [0.25, 0.3) is 0 Å². The summed E-state index contributed by atoms with van der Waals surface area (Å²) < 4.78 is 0. The first-order chi connectivity index (χ1) is 7.56. The molecule has 0 saturated carbocycles. The predicted octanol–water partition coefficient (Wildman–Crippen LogP) is 0.384. The molecule has 0 aliphatic carbocycles. The van der Waals surface area contributed by atoms with Gasteiger partial charge in [0.05, 0.1) is 23.3 Å². The van der Waals surface area contributed by atoms with Crippen molar-refractivity contribution in [3.63, 3.8) is 0 Å². The molecule has 0 fully saturated rings. The van der Waals surface area contributed by atoms with Crippen molar-refractivity contribution in [3.05, 3.63) is 34.9 Å². The molecular formula is C11H9N3O2. The third-order valence-corrected chi connectivity index (χ3v) is 2.02. The number of carbonyl (C=O) groups is 1. The van der Waals surface area contributed by atoms with E-state index in [9.17, 15) is 4.79 Å². The molecule has 16 heavy (non-hydrogen) atoms. The van der Waals surface area contributed by atoms with Gasteiger partial charge < -0.3 is 10.8 Å². The maximum Gasteiger partial charge on any atom is 0.320 e. The van der Waals surface area contributed by atoms with Crippen molar-refractivity contribution < 1.29 is 9.90 Å². The van der Waals surface area contributed by atoms with Crippen LogP contribution in [0.1, 0.15) is 16.7 Å². The van der Waals surface area contributed by atoms with Crippen LogP contribution in [0.3, 0.4) is 0 Å². The number of hydrogen-bond acceptors (Lipinski definition) is 4. The van der Waals surface area contributed by atoms with E-state index in [1.54, 1.807) is 0 Å². The summed E-state index contributed by atoms with van der Waals surface area (Å²) in [5, 5.41) is 26.1. The monoisotopic (exact) mass is 215 g/mol. The molecule has 0 saturated heterocycles. The van der Waals surface area contributed by atoms with Crippen molar-refractivity contribution in [2.45, 2.75) is 12.5 Å². The van der Waals surface area contributed by atoms with E-state index in [1.807, 2.05) is 12.1 Å². The van der Waals surface area contributed by atoms with E-state index in [-0.39, 0.29) is 6.42 Å². The number of benzene rings is 1. The average molecular weight is 215 g/mol. The van der Waals surface area contributed by atoms with Crippen LogP contribution >= 0.6 is 0 Å². The molecule has 0 aromatic heterocycles. The van der Waals surface area contributed by atoms with Crippen LogP contribution in [0.4, 0.5) is 0 Å². The Hall–Kier alpha value is -2.37. The minimum absolute atomic E-state index is 0.0968. The number of nitrogens with two attached hydrogens (primary N) is 1. The minimum atomic E-state index is -1.11. The van der Waals surface area contributed by atoms with Gasteiger partial charge in [-0.25, -0.2) is 0 Å². The van der Waals surface area contributed by atoms with Gasteiger partial charge in [0.2, 0.25) is 0 Å². The zero-order valence-electron chi connectivity index (χ0n) is 8.34. The predicted molar refractivity (Wildman–Crippen MR) is 55.2 cm³/mol. The second-order valence-electron chi connectivity index (χ2n) is 3.29. The molecule has 0 heterocycles. The fourth-order valence-electron chi connectivity index (χ4n) is 1.28. The van der Waals surface area contributed by atoms with Gasteiger partial charge in [-0.05, 0) is 30.2 Å². The van der Waals surface area contributed by atoms with Crippen LogP contribution < -0.4 is 5.73 Å². The summed E-state index contributed by atoms with van der Waals surface area (Å²) >= 11 is 0. The number of nitriles is 2. The van der Waals surface area contributed by atoms with Gasteiger partial charge in [0.15, 0.2) is 0 Å². The van der Waals surface area contributed by atoms with Gasteiger partial charge in [-0.2, -0.15) is 10.5 Å². The van der Waals surface area contributed by atoms with E-state index >= 15 is 0 Å². The van der Waals surface area contributed by atoms with E-state index in [2.05, 4.69) is 0 Å². The summed E-state index contributed by atoms with van der Waals surface area (Å²) in [6, 6.07) is 7.29. The van der Waals surface area contributed by atoms with Gasteiger partial charge in [-0.1, -0.05) is 0 Å². The lowest BCUT2D eigenvalue weighted by Gasteiger charge is -2.06. The number of carboxylic acids is 1. The topological polar surface area (TPSA) is 111 Å². The van der Waals surface area contributed by atoms with E-state index in [4.69, 9.17) is 21.4 Å². The van der Waals surface area contributed by atoms with Crippen molar-refractivity contribution in [3.8, 4) is 12.1 Å². The highest BCUT2D eigenvalue weighted by molar-refractivity contribution is 5.73. The molecule has 0 unspecified atom stereocenters. The Balaban J connectivity index is 3.02. The Bertz CT molecular complexity index is 465. The zero-order chi connectivity index (χ0) is 12.1. The lowest BCUT2D eigenvalue weighted by Crippen LogP contribution is -2.32. The van der Waals surface area contributed by atoms with Crippen LogP contribution in [-0.4, -0.2) is 17.1 Å². The summed E-state index contributed by atoms with van der Waals surface area (Å²) in [5.41, 5.74) is 6.59. The summed E-state index contributed by atoms with van der Waals surface area (Å²) in [5.74, 6) is -1.11. The van der Waals surface area contributed by atoms with Crippen molar-refractivity contribution in [1.29, 1.82) is 10.5 Å². The summed E-state index contributed by atoms with van der Waals surface area (Å²) in [4.78, 5) is 10.6. The second kappa shape index (κ2) is 4.92. The van der Waals surface area contributed by atoms with E-state index < -0.39 is 12.0 Å². The number of aliphatic carboxylic acids is 1. The number of nitrogens with zero attached hydrogens (tertiary/aromatic N) is 2. The summed E-state index contributed by atoms with van der Waals surface area (Å²) in [7, 11) is 0. The van der Waals surface area contributed by atoms with Crippen molar-refractivity contribution in [1.82, 2.24) is 0 Å². The fraction of sp³-hybridized carbons (Fsp3) is 0.182. The Labute approximate surface area is 92.3 Å².